The fraction of sp³-hybridized carbons (Fsp3) is 0.552. The fourth-order valence-electron chi connectivity index (χ4n) is 5.33. The number of aromatic nitrogens is 1. The maximum atomic E-state index is 13.6. The molecule has 1 amide bonds. The van der Waals surface area contributed by atoms with E-state index < -0.39 is 5.41 Å². The van der Waals surface area contributed by atoms with Gasteiger partial charge in [0.1, 0.15) is 5.75 Å². The summed E-state index contributed by atoms with van der Waals surface area (Å²) in [5, 5.41) is 3.17. The first kappa shape index (κ1) is 26.1. The van der Waals surface area contributed by atoms with Crippen LogP contribution in [0.2, 0.25) is 0 Å². The monoisotopic (exact) mass is 494 g/mol. The maximum Gasteiger partial charge on any atom is 0.337 e. The smallest absolute Gasteiger partial charge is 0.337 e. The summed E-state index contributed by atoms with van der Waals surface area (Å²) in [6, 6.07) is 10.7. The van der Waals surface area contributed by atoms with Crippen LogP contribution in [0.25, 0.3) is 0 Å². The topological polar surface area (TPSA) is 86.8 Å². The summed E-state index contributed by atoms with van der Waals surface area (Å²) >= 11 is 0. The molecule has 4 rings (SSSR count). The molecule has 0 spiro atoms. The zero-order valence-corrected chi connectivity index (χ0v) is 21.5. The molecule has 1 saturated carbocycles. The molecule has 1 aromatic carbocycles. The second-order valence-electron chi connectivity index (χ2n) is 10.0. The van der Waals surface area contributed by atoms with E-state index in [4.69, 9.17) is 14.2 Å². The number of carbonyl (C=O) groups excluding carboxylic acids is 2. The van der Waals surface area contributed by atoms with Gasteiger partial charge in [0.05, 0.1) is 42.6 Å². The van der Waals surface area contributed by atoms with Crippen LogP contribution in [0.5, 0.6) is 5.75 Å². The highest BCUT2D eigenvalue weighted by Crippen LogP contribution is 2.35. The first-order valence-corrected chi connectivity index (χ1v) is 13.2. The van der Waals surface area contributed by atoms with Gasteiger partial charge in [0.15, 0.2) is 0 Å². The number of hydrogen-bond acceptors (Lipinski definition) is 6. The van der Waals surface area contributed by atoms with Crippen LogP contribution in [-0.4, -0.2) is 43.8 Å². The van der Waals surface area contributed by atoms with Crippen LogP contribution in [0.3, 0.4) is 0 Å². The number of nitrogens with one attached hydrogen (secondary N) is 1. The molecule has 2 heterocycles. The molecule has 194 valence electrons. The van der Waals surface area contributed by atoms with E-state index in [1.807, 2.05) is 31.2 Å². The van der Waals surface area contributed by atoms with Crippen LogP contribution >= 0.6 is 0 Å². The predicted octanol–water partition coefficient (Wildman–Crippen LogP) is 5.14. The molecule has 2 fully saturated rings. The zero-order valence-electron chi connectivity index (χ0n) is 21.5. The molecule has 0 bridgehead atoms. The van der Waals surface area contributed by atoms with Crippen LogP contribution in [0, 0.1) is 5.92 Å². The molecule has 1 aliphatic carbocycles. The number of ether oxygens (including phenoxy) is 3. The van der Waals surface area contributed by atoms with Gasteiger partial charge in [0.2, 0.25) is 5.91 Å². The minimum atomic E-state index is -0.751. The van der Waals surface area contributed by atoms with Gasteiger partial charge in [-0.05, 0) is 61.9 Å². The molecular weight excluding hydrogens is 456 g/mol. The third-order valence-electron chi connectivity index (χ3n) is 7.71. The summed E-state index contributed by atoms with van der Waals surface area (Å²) in [7, 11) is 1.36. The van der Waals surface area contributed by atoms with Gasteiger partial charge in [-0.1, -0.05) is 44.2 Å². The number of nitrogens with zero attached hydrogens (tertiary/aromatic N) is 1. The van der Waals surface area contributed by atoms with E-state index >= 15 is 0 Å². The first-order chi connectivity index (χ1) is 17.5. The van der Waals surface area contributed by atoms with Gasteiger partial charge in [-0.25, -0.2) is 4.79 Å². The quantitative estimate of drug-likeness (QED) is 0.486. The molecule has 1 N–H and O–H groups in total. The first-order valence-electron chi connectivity index (χ1n) is 13.2. The van der Waals surface area contributed by atoms with Crippen LogP contribution in [0.1, 0.15) is 85.9 Å². The Morgan fingerprint density at radius 2 is 1.81 bits per heavy atom. The van der Waals surface area contributed by atoms with E-state index in [0.29, 0.717) is 38.2 Å². The number of benzene rings is 1. The van der Waals surface area contributed by atoms with Crippen molar-refractivity contribution >= 4 is 11.9 Å². The van der Waals surface area contributed by atoms with E-state index in [1.165, 1.54) is 39.2 Å². The molecule has 36 heavy (non-hydrogen) atoms. The predicted molar refractivity (Wildman–Crippen MR) is 137 cm³/mol. The van der Waals surface area contributed by atoms with Gasteiger partial charge < -0.3 is 19.5 Å². The summed E-state index contributed by atoms with van der Waals surface area (Å²) in [6.07, 6.45) is 10.6. The minimum Gasteiger partial charge on any atom is -0.492 e. The van der Waals surface area contributed by atoms with Crippen molar-refractivity contribution in [1.82, 2.24) is 10.3 Å². The number of esters is 1. The molecule has 7 heteroatoms. The molecule has 2 aliphatic rings. The van der Waals surface area contributed by atoms with Crippen LogP contribution in [0.4, 0.5) is 0 Å². The lowest BCUT2D eigenvalue weighted by molar-refractivity contribution is -0.131. The molecule has 1 atom stereocenters. The molecule has 0 radical (unpaired) electrons. The van der Waals surface area contributed by atoms with E-state index in [0.717, 1.165) is 29.3 Å². The Bertz CT molecular complexity index is 993. The Balaban J connectivity index is 1.40. The van der Waals surface area contributed by atoms with Crippen molar-refractivity contribution in [2.45, 2.75) is 69.7 Å². The highest BCUT2D eigenvalue weighted by molar-refractivity contribution is 5.89. The van der Waals surface area contributed by atoms with Crippen molar-refractivity contribution in [3.05, 3.63) is 59.4 Å². The van der Waals surface area contributed by atoms with Crippen molar-refractivity contribution in [1.29, 1.82) is 0 Å². The van der Waals surface area contributed by atoms with Gasteiger partial charge in [0, 0.05) is 13.2 Å². The van der Waals surface area contributed by atoms with Gasteiger partial charge >= 0.3 is 5.97 Å². The molecule has 1 aromatic heterocycles. The number of rotatable bonds is 9. The van der Waals surface area contributed by atoms with E-state index in [9.17, 15) is 9.59 Å². The second-order valence-corrected chi connectivity index (χ2v) is 10.0. The summed E-state index contributed by atoms with van der Waals surface area (Å²) in [5.41, 5.74) is 1.38. The Labute approximate surface area is 213 Å². The van der Waals surface area contributed by atoms with Crippen LogP contribution < -0.4 is 10.1 Å². The van der Waals surface area contributed by atoms with Gasteiger partial charge in [-0.15, -0.1) is 0 Å². The Hall–Kier alpha value is -2.93. The van der Waals surface area contributed by atoms with E-state index in [2.05, 4.69) is 10.3 Å². The lowest BCUT2D eigenvalue weighted by Gasteiger charge is -2.36. The SMILES string of the molecule is COC(=O)c1ccc([C@H](C)NC(=O)C2(c3ccc(OCCC4CCCCC4)cn3)CCOCC2)cc1. The third-order valence-corrected chi connectivity index (χ3v) is 7.71. The number of amides is 1. The van der Waals surface area contributed by atoms with Gasteiger partial charge in [0.25, 0.3) is 0 Å². The molecule has 2 aromatic rings. The lowest BCUT2D eigenvalue weighted by atomic mass is 9.75. The molecule has 1 aliphatic heterocycles. The van der Waals surface area contributed by atoms with Crippen molar-refractivity contribution in [2.24, 2.45) is 5.92 Å². The van der Waals surface area contributed by atoms with E-state index in [-0.39, 0.29) is 17.9 Å². The normalized spacial score (nSPS) is 18.7. The van der Waals surface area contributed by atoms with Crippen LogP contribution in [-0.2, 0) is 19.7 Å². The molecule has 0 unspecified atom stereocenters. The van der Waals surface area contributed by atoms with Gasteiger partial charge in [-0.2, -0.15) is 0 Å². The summed E-state index contributed by atoms with van der Waals surface area (Å²) in [5.74, 6) is 1.08. The van der Waals surface area contributed by atoms with Crippen molar-refractivity contribution in [2.75, 3.05) is 26.9 Å². The van der Waals surface area contributed by atoms with Crippen molar-refractivity contribution < 1.29 is 23.8 Å². The molecular formula is C29H38N2O5. The maximum absolute atomic E-state index is 13.6. The standard InChI is InChI=1S/C29H38N2O5/c1-21(23-8-10-24(11-9-23)27(32)34-2)31-28(33)29(15-18-35-19-16-29)26-13-12-25(20-30-26)36-17-14-22-6-4-3-5-7-22/h8-13,20-22H,3-7,14-19H2,1-2H3,(H,31,33)/t21-/m0/s1. The number of methoxy groups -OCH3 is 1. The molecule has 7 nitrogen and oxygen atoms in total. The summed E-state index contributed by atoms with van der Waals surface area (Å²) in [4.78, 5) is 30.0. The zero-order chi connectivity index (χ0) is 25.4. The third kappa shape index (κ3) is 6.25. The minimum absolute atomic E-state index is 0.0613. The Kier molecular flexibility index (Phi) is 8.97. The summed E-state index contributed by atoms with van der Waals surface area (Å²) in [6.45, 7) is 3.67. The number of pyridine rings is 1. The van der Waals surface area contributed by atoms with Gasteiger partial charge in [-0.3, -0.25) is 9.78 Å². The van der Waals surface area contributed by atoms with Crippen molar-refractivity contribution in [3.63, 3.8) is 0 Å². The Morgan fingerprint density at radius 3 is 2.44 bits per heavy atom. The second kappa shape index (κ2) is 12.3. The number of hydrogen-bond donors (Lipinski definition) is 1. The summed E-state index contributed by atoms with van der Waals surface area (Å²) < 4.78 is 16.3. The highest BCUT2D eigenvalue weighted by Gasteiger charge is 2.43. The highest BCUT2D eigenvalue weighted by atomic mass is 16.5. The average Bonchev–Trinajstić information content (AvgIpc) is 2.94. The number of carbonyl (C=O) groups is 2. The molecule has 1 saturated heterocycles. The fourth-order valence-corrected chi connectivity index (χ4v) is 5.33. The van der Waals surface area contributed by atoms with Crippen molar-refractivity contribution in [3.8, 4) is 5.75 Å². The largest absolute Gasteiger partial charge is 0.492 e. The van der Waals surface area contributed by atoms with E-state index in [1.54, 1.807) is 18.3 Å². The lowest BCUT2D eigenvalue weighted by Crippen LogP contribution is -2.49. The Morgan fingerprint density at radius 1 is 1.08 bits per heavy atom. The average molecular weight is 495 g/mol. The van der Waals surface area contributed by atoms with Crippen LogP contribution in [0.15, 0.2) is 42.6 Å².